The van der Waals surface area contributed by atoms with Gasteiger partial charge in [-0.1, -0.05) is 22.0 Å². The van der Waals surface area contributed by atoms with E-state index < -0.39 is 22.1 Å². The van der Waals surface area contributed by atoms with Crippen LogP contribution in [-0.4, -0.2) is 16.0 Å². The summed E-state index contributed by atoms with van der Waals surface area (Å²) < 4.78 is 6.35. The summed E-state index contributed by atoms with van der Waals surface area (Å²) >= 11 is 3.34. The lowest BCUT2D eigenvalue weighted by Crippen LogP contribution is -2.04. The highest BCUT2D eigenvalue weighted by atomic mass is 79.9. The Balaban J connectivity index is 2.48. The number of hydrogen-bond donors (Lipinski definition) is 1. The molecular weight excluding hydrogens is 342 g/mol. The largest absolute Gasteiger partial charge is 0.477 e. The Morgan fingerprint density at radius 2 is 2.05 bits per heavy atom. The van der Waals surface area contributed by atoms with Gasteiger partial charge in [0.2, 0.25) is 5.75 Å². The lowest BCUT2D eigenvalue weighted by Gasteiger charge is -2.09. The molecule has 108 valence electrons. The number of rotatable bonds is 4. The van der Waals surface area contributed by atoms with E-state index in [2.05, 4.69) is 15.9 Å². The van der Waals surface area contributed by atoms with Gasteiger partial charge in [-0.3, -0.25) is 10.1 Å². The van der Waals surface area contributed by atoms with E-state index in [1.165, 1.54) is 18.2 Å². The molecular formula is C14H10BrNO5. The molecule has 0 amide bonds. The normalized spacial score (nSPS) is 10.2. The van der Waals surface area contributed by atoms with Crippen LogP contribution in [0.25, 0.3) is 0 Å². The van der Waals surface area contributed by atoms with Gasteiger partial charge < -0.3 is 9.84 Å². The molecule has 1 N–H and O–H groups in total. The first-order valence-electron chi connectivity index (χ1n) is 5.85. The summed E-state index contributed by atoms with van der Waals surface area (Å²) in [5.74, 6) is -1.10. The quantitative estimate of drug-likeness (QED) is 0.659. The van der Waals surface area contributed by atoms with Crippen molar-refractivity contribution >= 4 is 27.6 Å². The van der Waals surface area contributed by atoms with Crippen molar-refractivity contribution in [2.24, 2.45) is 0 Å². The van der Waals surface area contributed by atoms with Crippen molar-refractivity contribution in [3.63, 3.8) is 0 Å². The Morgan fingerprint density at radius 3 is 2.62 bits per heavy atom. The van der Waals surface area contributed by atoms with Gasteiger partial charge in [-0.25, -0.2) is 4.79 Å². The van der Waals surface area contributed by atoms with Crippen LogP contribution in [0.4, 0.5) is 5.69 Å². The summed E-state index contributed by atoms with van der Waals surface area (Å²) in [6, 6.07) is 9.01. The second-order valence-corrected chi connectivity index (χ2v) is 5.08. The summed E-state index contributed by atoms with van der Waals surface area (Å²) in [6.45, 7) is 1.85. The minimum Gasteiger partial charge on any atom is -0.477 e. The number of nitro benzene ring substituents is 1. The molecule has 0 unspecified atom stereocenters. The summed E-state index contributed by atoms with van der Waals surface area (Å²) in [6.07, 6.45) is 0. The van der Waals surface area contributed by atoms with Crippen molar-refractivity contribution in [2.75, 3.05) is 0 Å². The second-order valence-electron chi connectivity index (χ2n) is 4.23. The van der Waals surface area contributed by atoms with Gasteiger partial charge in [0, 0.05) is 4.47 Å². The predicted molar refractivity (Wildman–Crippen MR) is 79.0 cm³/mol. The van der Waals surface area contributed by atoms with Crippen molar-refractivity contribution < 1.29 is 19.6 Å². The molecule has 0 saturated heterocycles. The summed E-state index contributed by atoms with van der Waals surface area (Å²) in [4.78, 5) is 21.4. The van der Waals surface area contributed by atoms with Crippen LogP contribution in [0.15, 0.2) is 40.9 Å². The number of hydrogen-bond acceptors (Lipinski definition) is 4. The fourth-order valence-electron chi connectivity index (χ4n) is 1.77. The third-order valence-corrected chi connectivity index (χ3v) is 3.66. The topological polar surface area (TPSA) is 89.7 Å². The number of nitro groups is 1. The van der Waals surface area contributed by atoms with E-state index in [4.69, 9.17) is 9.84 Å². The van der Waals surface area contributed by atoms with Gasteiger partial charge in [-0.2, -0.15) is 0 Å². The first kappa shape index (κ1) is 15.0. The number of benzene rings is 2. The Bertz CT molecular complexity index is 729. The number of carbonyl (C=O) groups is 1. The van der Waals surface area contributed by atoms with Crippen LogP contribution < -0.4 is 4.74 Å². The Morgan fingerprint density at radius 1 is 1.33 bits per heavy atom. The molecule has 0 radical (unpaired) electrons. The van der Waals surface area contributed by atoms with Gasteiger partial charge in [0.1, 0.15) is 11.3 Å². The molecule has 0 aliphatic carbocycles. The molecule has 0 aliphatic heterocycles. The molecule has 0 bridgehead atoms. The number of aromatic carboxylic acids is 1. The lowest BCUT2D eigenvalue weighted by molar-refractivity contribution is -0.386. The SMILES string of the molecule is Cc1cc(Oc2cccc(C(=O)O)c2[N+](=O)[O-])ccc1Br. The number of ether oxygens (including phenoxy) is 1. The average Bonchev–Trinajstić information content (AvgIpc) is 2.42. The van der Waals surface area contributed by atoms with Crippen LogP contribution in [0, 0.1) is 17.0 Å². The van der Waals surface area contributed by atoms with Crippen LogP contribution >= 0.6 is 15.9 Å². The number of carboxylic acids is 1. The van der Waals surface area contributed by atoms with E-state index in [1.807, 2.05) is 6.92 Å². The van der Waals surface area contributed by atoms with Crippen molar-refractivity contribution in [2.45, 2.75) is 6.92 Å². The van der Waals surface area contributed by atoms with Crippen molar-refractivity contribution in [1.29, 1.82) is 0 Å². The minimum atomic E-state index is -1.38. The second kappa shape index (κ2) is 5.92. The van der Waals surface area contributed by atoms with Gasteiger partial charge in [-0.05, 0) is 42.8 Å². The third kappa shape index (κ3) is 3.19. The first-order chi connectivity index (χ1) is 9.90. The maximum atomic E-state index is 11.1. The van der Waals surface area contributed by atoms with E-state index in [-0.39, 0.29) is 5.75 Å². The summed E-state index contributed by atoms with van der Waals surface area (Å²) in [7, 11) is 0. The average molecular weight is 352 g/mol. The fraction of sp³-hybridized carbons (Fsp3) is 0.0714. The molecule has 2 aromatic carbocycles. The van der Waals surface area contributed by atoms with Crippen LogP contribution in [0.3, 0.4) is 0 Å². The van der Waals surface area contributed by atoms with Crippen molar-refractivity contribution in [3.8, 4) is 11.5 Å². The van der Waals surface area contributed by atoms with Crippen LogP contribution in [0.5, 0.6) is 11.5 Å². The molecule has 0 fully saturated rings. The standard InChI is InChI=1S/C14H10BrNO5/c1-8-7-9(5-6-11(8)15)21-12-4-2-3-10(14(17)18)13(12)16(19)20/h2-7H,1H3,(H,17,18). The first-order valence-corrected chi connectivity index (χ1v) is 6.64. The van der Waals surface area contributed by atoms with Crippen molar-refractivity contribution in [3.05, 3.63) is 62.1 Å². The molecule has 0 aliphatic rings. The number of aryl methyl sites for hydroxylation is 1. The highest BCUT2D eigenvalue weighted by Crippen LogP contribution is 2.35. The predicted octanol–water partition coefficient (Wildman–Crippen LogP) is 4.16. The highest BCUT2D eigenvalue weighted by Gasteiger charge is 2.25. The molecule has 7 heteroatoms. The van der Waals surface area contributed by atoms with Crippen molar-refractivity contribution in [1.82, 2.24) is 0 Å². The molecule has 0 aromatic heterocycles. The highest BCUT2D eigenvalue weighted by molar-refractivity contribution is 9.10. The summed E-state index contributed by atoms with van der Waals surface area (Å²) in [5.41, 5.74) is -0.0820. The van der Waals surface area contributed by atoms with E-state index in [1.54, 1.807) is 18.2 Å². The number of carboxylic acid groups (broad SMARTS) is 1. The fourth-order valence-corrected chi connectivity index (χ4v) is 2.02. The molecule has 21 heavy (non-hydrogen) atoms. The minimum absolute atomic E-state index is 0.110. The molecule has 0 saturated carbocycles. The smallest absolute Gasteiger partial charge is 0.342 e. The maximum absolute atomic E-state index is 11.1. The monoisotopic (exact) mass is 351 g/mol. The zero-order valence-electron chi connectivity index (χ0n) is 10.9. The molecule has 0 atom stereocenters. The van der Waals surface area contributed by atoms with Gasteiger partial charge in [-0.15, -0.1) is 0 Å². The Hall–Kier alpha value is -2.41. The van der Waals surface area contributed by atoms with E-state index in [0.717, 1.165) is 10.0 Å². The van der Waals surface area contributed by atoms with E-state index in [0.29, 0.717) is 5.75 Å². The molecule has 0 heterocycles. The maximum Gasteiger partial charge on any atom is 0.342 e. The van der Waals surface area contributed by atoms with Crippen LogP contribution in [-0.2, 0) is 0 Å². The van der Waals surface area contributed by atoms with E-state index >= 15 is 0 Å². The van der Waals surface area contributed by atoms with Crippen LogP contribution in [0.1, 0.15) is 15.9 Å². The molecule has 2 rings (SSSR count). The molecule has 6 nitrogen and oxygen atoms in total. The number of para-hydroxylation sites is 1. The van der Waals surface area contributed by atoms with Gasteiger partial charge in [0.25, 0.3) is 0 Å². The van der Waals surface area contributed by atoms with Crippen LogP contribution in [0.2, 0.25) is 0 Å². The molecule has 0 spiro atoms. The van der Waals surface area contributed by atoms with Gasteiger partial charge in [0.05, 0.1) is 4.92 Å². The van der Waals surface area contributed by atoms with Gasteiger partial charge in [0.15, 0.2) is 0 Å². The zero-order valence-corrected chi connectivity index (χ0v) is 12.5. The lowest BCUT2D eigenvalue weighted by atomic mass is 10.1. The number of halogens is 1. The molecule has 2 aromatic rings. The zero-order chi connectivity index (χ0) is 15.6. The summed E-state index contributed by atoms with van der Waals surface area (Å²) in [5, 5.41) is 20.1. The third-order valence-electron chi connectivity index (χ3n) is 2.77. The van der Waals surface area contributed by atoms with E-state index in [9.17, 15) is 14.9 Å². The number of nitrogens with zero attached hydrogens (tertiary/aromatic N) is 1. The Kier molecular flexibility index (Phi) is 4.23. The Labute approximate surface area is 128 Å². The van der Waals surface area contributed by atoms with Gasteiger partial charge >= 0.3 is 11.7 Å².